The first-order valence-corrected chi connectivity index (χ1v) is 38.4. The summed E-state index contributed by atoms with van der Waals surface area (Å²) >= 11 is 0. The summed E-state index contributed by atoms with van der Waals surface area (Å²) in [6, 6.07) is 32.4. The van der Waals surface area contributed by atoms with Crippen LogP contribution < -0.4 is 47.0 Å². The van der Waals surface area contributed by atoms with Gasteiger partial charge in [0.15, 0.2) is 0 Å². The predicted octanol–water partition coefficient (Wildman–Crippen LogP) is 11.6. The molecule has 3 amide bonds. The highest BCUT2D eigenvalue weighted by Crippen LogP contribution is 2.41. The average Bonchev–Trinajstić information content (AvgIpc) is 1.63. The van der Waals surface area contributed by atoms with E-state index < -0.39 is 0 Å². The number of rotatable bonds is 17. The Balaban J connectivity index is 0.000000123. The van der Waals surface area contributed by atoms with Crippen molar-refractivity contribution in [3.8, 4) is 33.8 Å². The lowest BCUT2D eigenvalue weighted by molar-refractivity contribution is -0.0725. The lowest BCUT2D eigenvalue weighted by Gasteiger charge is -2.45. The molecule has 0 saturated carbocycles. The van der Waals surface area contributed by atoms with Crippen LogP contribution in [0.5, 0.6) is 0 Å². The Bertz CT molecular complexity index is 5580. The van der Waals surface area contributed by atoms with Gasteiger partial charge in [0.2, 0.25) is 0 Å². The van der Waals surface area contributed by atoms with E-state index in [0.29, 0.717) is 113 Å². The van der Waals surface area contributed by atoms with E-state index in [4.69, 9.17) is 19.2 Å². The number of hydrogen-bond acceptors (Lipinski definition) is 20. The van der Waals surface area contributed by atoms with Crippen LogP contribution in [0.1, 0.15) is 98.0 Å². The van der Waals surface area contributed by atoms with Gasteiger partial charge in [-0.3, -0.25) is 32.5 Å². The fourth-order valence-corrected chi connectivity index (χ4v) is 16.4. The summed E-state index contributed by atoms with van der Waals surface area (Å²) in [7, 11) is 4.13. The molecule has 7 aliphatic rings. The van der Waals surface area contributed by atoms with Crippen molar-refractivity contribution in [3.63, 3.8) is 0 Å². The summed E-state index contributed by atoms with van der Waals surface area (Å²) in [4.78, 5) is 75.2. The number of anilines is 8. The largest absolute Gasteiger partial charge is 0.381 e. The van der Waals surface area contributed by atoms with Gasteiger partial charge in [0.25, 0.3) is 17.7 Å². The van der Waals surface area contributed by atoms with E-state index >= 15 is 0 Å². The fraction of sp³-hybridized carbons (Fsp3) is 0.321. The molecule has 1 spiro atoms. The fourth-order valence-electron chi connectivity index (χ4n) is 16.4. The minimum atomic E-state index is -0.341. The van der Waals surface area contributed by atoms with Crippen molar-refractivity contribution in [2.45, 2.75) is 76.8 Å². The Morgan fingerprint density at radius 1 is 0.549 bits per heavy atom. The average molecular weight is 1530 g/mol. The standard InChI is InChI=1S/C29H31FN6O2.C28H28FN7O2.C27H28FN7O2/c1-3-35(4-2)16-24-20(18-10-12-38-17-18)6-8-26(34-24)33-23-7-5-21(22-14-32-29(37)28(22)23)25-15-31-27-13-19(30)9-11-36(25)27;29-18-6-10-36-23(15-32-25(36)12-18)20-3-4-22(26-21(20)14-33-27(26)37)34-24-5-2-19(13-31-24)35-9-1-7-28(17-35)16-30-8-11-38-28;1-33(2)19-15-34(9-10-37-16-19)18-3-6-24(29-12-18)32-22-5-4-20(21-13-31-27(36)26(21)22)23-14-30-25-11-17(28)7-8-35(23)25/h5-9,11,13,15,18H,3-4,10,12,14,16-17H2,1-2H3,(H,32,37)(H,33,34);2-6,10,12-13,15,30H,1,7-9,11,14,16-17H2,(H,31,34)(H,33,37);3-8,11-12,14,19H,9-10,13,15-16H2,1-2H3,(H,29,32)(H,31,36)/t18-;28-;/m00./s1. The van der Waals surface area contributed by atoms with Crippen LogP contribution in [0.2, 0.25) is 0 Å². The minimum Gasteiger partial charge on any atom is -0.381 e. The van der Waals surface area contributed by atoms with Crippen LogP contribution >= 0.6 is 0 Å². The van der Waals surface area contributed by atoms with Crippen LogP contribution in [-0.4, -0.2) is 182 Å². The molecule has 1 unspecified atom stereocenters. The van der Waals surface area contributed by atoms with E-state index in [1.54, 1.807) is 37.2 Å². The van der Waals surface area contributed by atoms with Crippen molar-refractivity contribution in [2.24, 2.45) is 0 Å². The molecule has 113 heavy (non-hydrogen) atoms. The van der Waals surface area contributed by atoms with Crippen LogP contribution in [0.25, 0.3) is 50.7 Å². The maximum Gasteiger partial charge on any atom is 0.254 e. The highest BCUT2D eigenvalue weighted by Gasteiger charge is 2.39. The maximum absolute atomic E-state index is 13.7. The normalized spacial score (nSPS) is 18.5. The molecule has 0 bridgehead atoms. The molecule has 0 aliphatic carbocycles. The number of nitrogens with one attached hydrogen (secondary N) is 7. The zero-order valence-electron chi connectivity index (χ0n) is 63.2. The molecule has 4 fully saturated rings. The monoisotopic (exact) mass is 1530 g/mol. The lowest BCUT2D eigenvalue weighted by atomic mass is 9.91. The molecule has 3 atom stereocenters. The molecule has 3 aromatic carbocycles. The van der Waals surface area contributed by atoms with E-state index in [-0.39, 0.29) is 40.8 Å². The molecule has 580 valence electrons. The molecule has 26 nitrogen and oxygen atoms in total. The Morgan fingerprint density at radius 3 is 1.50 bits per heavy atom. The maximum atomic E-state index is 13.7. The summed E-state index contributed by atoms with van der Waals surface area (Å²) in [5.41, 5.74) is 17.3. The number of amides is 3. The molecule has 29 heteroatoms. The molecular weight excluding hydrogens is 1440 g/mol. The summed E-state index contributed by atoms with van der Waals surface area (Å²) in [5, 5.41) is 22.4. The first-order valence-electron chi connectivity index (χ1n) is 38.4. The van der Waals surface area contributed by atoms with Crippen molar-refractivity contribution in [2.75, 3.05) is 125 Å². The number of halogens is 3. The summed E-state index contributed by atoms with van der Waals surface area (Å²) < 4.78 is 64.1. The van der Waals surface area contributed by atoms with Crippen LogP contribution in [0.4, 0.5) is 59.1 Å². The summed E-state index contributed by atoms with van der Waals surface area (Å²) in [5.74, 6) is 0.944. The third-order valence-corrected chi connectivity index (χ3v) is 22.5. The van der Waals surface area contributed by atoms with Gasteiger partial charge in [-0.05, 0) is 135 Å². The second kappa shape index (κ2) is 31.7. The lowest BCUT2D eigenvalue weighted by Crippen LogP contribution is -2.58. The van der Waals surface area contributed by atoms with Crippen molar-refractivity contribution >= 4 is 80.6 Å². The van der Waals surface area contributed by atoms with Crippen molar-refractivity contribution < 1.29 is 41.8 Å². The van der Waals surface area contributed by atoms with Gasteiger partial charge in [0.05, 0.1) is 131 Å². The topological polar surface area (TPSA) is 267 Å². The highest BCUT2D eigenvalue weighted by molar-refractivity contribution is 6.08. The smallest absolute Gasteiger partial charge is 0.254 e. The number of imidazole rings is 3. The Labute approximate surface area is 650 Å². The quantitative estimate of drug-likeness (QED) is 0.0447. The van der Waals surface area contributed by atoms with Crippen LogP contribution in [0, 0.1) is 17.5 Å². The van der Waals surface area contributed by atoms with Crippen LogP contribution in [-0.2, 0) is 40.4 Å². The number of likely N-dealkylation sites (N-methyl/N-ethyl adjacent to an activating group) is 1. The Kier molecular flexibility index (Phi) is 20.8. The molecule has 7 N–H and O–H groups in total. The van der Waals surface area contributed by atoms with Gasteiger partial charge in [-0.2, -0.15) is 0 Å². The number of piperidine rings is 1. The minimum absolute atomic E-state index is 0.127. The van der Waals surface area contributed by atoms with Gasteiger partial charge in [0.1, 0.15) is 51.8 Å². The van der Waals surface area contributed by atoms with Crippen LogP contribution in [0.15, 0.2) is 159 Å². The zero-order valence-corrected chi connectivity index (χ0v) is 63.2. The molecule has 0 radical (unpaired) electrons. The highest BCUT2D eigenvalue weighted by atomic mass is 19.1. The summed E-state index contributed by atoms with van der Waals surface area (Å²) in [6.07, 6.45) is 17.0. The number of morpholine rings is 1. The number of pyridine rings is 6. The molecule has 16 heterocycles. The molecule has 7 aliphatic heterocycles. The van der Waals surface area contributed by atoms with Gasteiger partial charge in [-0.25, -0.2) is 43.1 Å². The van der Waals surface area contributed by atoms with E-state index in [1.165, 1.54) is 42.0 Å². The Morgan fingerprint density at radius 2 is 1.04 bits per heavy atom. The third kappa shape index (κ3) is 15.1. The number of hydrogen-bond donors (Lipinski definition) is 7. The van der Waals surface area contributed by atoms with Gasteiger partial charge in [-0.15, -0.1) is 0 Å². The van der Waals surface area contributed by atoms with E-state index in [0.717, 1.165) is 166 Å². The molecule has 19 rings (SSSR count). The SMILES string of the molecule is CCN(CC)Cc1nc(Nc2ccc(-c3cnc4cc(F)ccn34)c3c2C(=O)NC3)ccc1[C@H]1CCOC1.CN(C)C1COCCN(c2ccc(Nc3ccc(-c4cnc5cc(F)ccn45)c4c3C(=O)NC4)nc2)C1.O=C1NCc2c(-c3cnc4cc(F)ccn34)ccc(Nc3ccc(N4CCC[C@]5(CNCCO5)C4)cn3)c21. The first-order chi connectivity index (χ1) is 55.1. The molecule has 4 saturated heterocycles. The van der Waals surface area contributed by atoms with Crippen LogP contribution in [0.3, 0.4) is 0 Å². The predicted molar refractivity (Wildman–Crippen MR) is 426 cm³/mol. The second-order valence-corrected chi connectivity index (χ2v) is 29.5. The number of carbonyl (C=O) groups excluding carboxylic acids is 3. The molecule has 12 aromatic rings. The van der Waals surface area contributed by atoms with Crippen molar-refractivity contribution in [1.29, 1.82) is 0 Å². The van der Waals surface area contributed by atoms with Crippen molar-refractivity contribution in [1.82, 2.24) is 74.2 Å². The van der Waals surface area contributed by atoms with E-state index in [2.05, 4.69) is 122 Å². The van der Waals surface area contributed by atoms with E-state index in [1.807, 2.05) is 86.3 Å². The Hall–Kier alpha value is -11.9. The van der Waals surface area contributed by atoms with Gasteiger partial charge < -0.3 is 66.1 Å². The van der Waals surface area contributed by atoms with Gasteiger partial charge in [-0.1, -0.05) is 38.1 Å². The number of aromatic nitrogens is 9. The third-order valence-electron chi connectivity index (χ3n) is 22.5. The number of fused-ring (bicyclic) bond motifs is 6. The van der Waals surface area contributed by atoms with E-state index in [9.17, 15) is 27.6 Å². The second-order valence-electron chi connectivity index (χ2n) is 29.5. The number of benzene rings is 3. The number of carbonyl (C=O) groups is 3. The van der Waals surface area contributed by atoms with Crippen molar-refractivity contribution in [3.05, 3.63) is 221 Å². The number of nitrogens with zero attached hydrogens (tertiary/aromatic N) is 13. The summed E-state index contributed by atoms with van der Waals surface area (Å²) in [6.45, 7) is 17.1. The van der Waals surface area contributed by atoms with Gasteiger partial charge in [0, 0.05) is 137 Å². The first kappa shape index (κ1) is 73.9. The molecular formula is C84H87F3N20O6. The molecule has 9 aromatic heterocycles. The zero-order chi connectivity index (χ0) is 77.4. The number of ether oxygens (including phenoxy) is 3. The van der Waals surface area contributed by atoms with Gasteiger partial charge >= 0.3 is 0 Å².